The molecule has 6 heteroatoms. The first-order chi connectivity index (χ1) is 5.65. The van der Waals surface area contributed by atoms with E-state index >= 15 is 0 Å². The van der Waals surface area contributed by atoms with E-state index in [4.69, 9.17) is 10.8 Å². The van der Waals surface area contributed by atoms with Gasteiger partial charge >= 0.3 is 0 Å². The first kappa shape index (κ1) is 8.82. The van der Waals surface area contributed by atoms with Crippen molar-refractivity contribution >= 4 is 5.69 Å². The molecule has 0 fully saturated rings. The lowest BCUT2D eigenvalue weighted by Crippen LogP contribution is -2.21. The predicted molar refractivity (Wildman–Crippen MR) is 42.7 cm³/mol. The van der Waals surface area contributed by atoms with Crippen LogP contribution in [-0.2, 0) is 6.42 Å². The minimum absolute atomic E-state index is 0.155. The van der Waals surface area contributed by atoms with Crippen LogP contribution >= 0.6 is 0 Å². The van der Waals surface area contributed by atoms with Crippen molar-refractivity contribution < 1.29 is 5.11 Å². The summed E-state index contributed by atoms with van der Waals surface area (Å²) in [5.74, 6) is 0. The van der Waals surface area contributed by atoms with Crippen LogP contribution in [0.5, 0.6) is 0 Å². The summed E-state index contributed by atoms with van der Waals surface area (Å²) in [6.07, 6.45) is -0.840. The Bertz CT molecular complexity index is 281. The van der Waals surface area contributed by atoms with Crippen molar-refractivity contribution in [3.05, 3.63) is 16.3 Å². The molecule has 1 atom stereocenters. The molecule has 0 amide bonds. The average molecular weight is 170 g/mol. The summed E-state index contributed by atoms with van der Waals surface area (Å²) in [5, 5.41) is 17.9. The van der Waals surface area contributed by atoms with E-state index in [9.17, 15) is 4.91 Å². The monoisotopic (exact) mass is 170 g/mol. The van der Waals surface area contributed by atoms with Gasteiger partial charge in [-0.1, -0.05) is 0 Å². The number of nitrogens with one attached hydrogen (secondary N) is 1. The van der Waals surface area contributed by atoms with Crippen LogP contribution in [0.15, 0.2) is 5.18 Å². The number of aliphatic hydroxyl groups excluding tert-OH is 1. The van der Waals surface area contributed by atoms with Crippen LogP contribution in [0.4, 0.5) is 5.69 Å². The first-order valence-electron chi connectivity index (χ1n) is 3.46. The first-order valence-corrected chi connectivity index (χ1v) is 3.46. The lowest BCUT2D eigenvalue weighted by Gasteiger charge is -2.00. The van der Waals surface area contributed by atoms with Gasteiger partial charge in [-0.15, -0.1) is 4.91 Å². The predicted octanol–water partition coefficient (Wildman–Crippen LogP) is -0.0644. The maximum atomic E-state index is 10.3. The molecular formula is C6H10N4O2. The van der Waals surface area contributed by atoms with Crippen molar-refractivity contribution in [1.29, 1.82) is 0 Å². The van der Waals surface area contributed by atoms with E-state index in [2.05, 4.69) is 15.4 Å². The minimum atomic E-state index is -0.995. The second kappa shape index (κ2) is 3.42. The molecule has 6 nitrogen and oxygen atoms in total. The summed E-state index contributed by atoms with van der Waals surface area (Å²) in [5.41, 5.74) is 6.34. The van der Waals surface area contributed by atoms with E-state index in [0.29, 0.717) is 11.4 Å². The van der Waals surface area contributed by atoms with Gasteiger partial charge in [-0.25, -0.2) is 0 Å². The third-order valence-electron chi connectivity index (χ3n) is 1.49. The highest BCUT2D eigenvalue weighted by atomic mass is 16.3. The Kier molecular flexibility index (Phi) is 2.51. The second-order valence-electron chi connectivity index (χ2n) is 2.50. The van der Waals surface area contributed by atoms with Gasteiger partial charge in [0.15, 0.2) is 5.69 Å². The molecule has 0 aliphatic rings. The molecule has 0 aliphatic heterocycles. The number of nitrogens with two attached hydrogens (primary N) is 1. The molecule has 1 unspecified atom stereocenters. The summed E-state index contributed by atoms with van der Waals surface area (Å²) in [6.45, 7) is 1.65. The van der Waals surface area contributed by atoms with Gasteiger partial charge in [0.1, 0.15) is 6.23 Å². The molecular weight excluding hydrogens is 160 g/mol. The molecule has 1 rings (SSSR count). The van der Waals surface area contributed by atoms with E-state index in [1.165, 1.54) is 0 Å². The number of H-pyrrole nitrogens is 1. The molecule has 4 N–H and O–H groups in total. The van der Waals surface area contributed by atoms with E-state index in [1.54, 1.807) is 6.92 Å². The maximum Gasteiger partial charge on any atom is 0.151 e. The smallest absolute Gasteiger partial charge is 0.151 e. The Labute approximate surface area is 68.8 Å². The number of nitrogens with zero attached hydrogens (tertiary/aromatic N) is 2. The van der Waals surface area contributed by atoms with Crippen LogP contribution in [0.25, 0.3) is 0 Å². The molecule has 1 aromatic heterocycles. The van der Waals surface area contributed by atoms with E-state index in [-0.39, 0.29) is 12.1 Å². The van der Waals surface area contributed by atoms with Crippen LogP contribution in [-0.4, -0.2) is 21.5 Å². The maximum absolute atomic E-state index is 10.3. The van der Waals surface area contributed by atoms with Crippen molar-refractivity contribution in [2.45, 2.75) is 19.6 Å². The van der Waals surface area contributed by atoms with Gasteiger partial charge in [-0.05, 0) is 12.1 Å². The van der Waals surface area contributed by atoms with Crippen molar-refractivity contribution in [1.82, 2.24) is 10.2 Å². The number of rotatable bonds is 3. The SMILES string of the molecule is Cc1n[nH]c(CC(N)O)c1N=O. The number of nitroso groups, excluding NO2 is 1. The second-order valence-corrected chi connectivity index (χ2v) is 2.50. The number of aliphatic hydroxyl groups is 1. The van der Waals surface area contributed by atoms with Crippen molar-refractivity contribution in [2.75, 3.05) is 0 Å². The van der Waals surface area contributed by atoms with Crippen LogP contribution in [0.3, 0.4) is 0 Å². The van der Waals surface area contributed by atoms with Gasteiger partial charge in [0.05, 0.1) is 11.4 Å². The highest BCUT2D eigenvalue weighted by molar-refractivity contribution is 5.45. The van der Waals surface area contributed by atoms with Gasteiger partial charge in [-0.3, -0.25) is 5.10 Å². The van der Waals surface area contributed by atoms with Crippen LogP contribution in [0.2, 0.25) is 0 Å². The molecule has 0 bridgehead atoms. The number of aromatic amines is 1. The fourth-order valence-electron chi connectivity index (χ4n) is 0.948. The standard InChI is InChI=1S/C6H10N4O2/c1-3-6(10-12)4(9-8-3)2-5(7)11/h5,11H,2,7H2,1H3,(H,8,9). The van der Waals surface area contributed by atoms with Crippen molar-refractivity contribution in [3.8, 4) is 0 Å². The molecule has 12 heavy (non-hydrogen) atoms. The Morgan fingerprint density at radius 1 is 1.83 bits per heavy atom. The minimum Gasteiger partial charge on any atom is -0.378 e. The Balaban J connectivity index is 2.91. The summed E-state index contributed by atoms with van der Waals surface area (Å²) >= 11 is 0. The summed E-state index contributed by atoms with van der Waals surface area (Å²) in [6, 6.07) is 0. The molecule has 0 saturated heterocycles. The lowest BCUT2D eigenvalue weighted by atomic mass is 10.2. The van der Waals surface area contributed by atoms with Gasteiger partial charge in [0.25, 0.3) is 0 Å². The van der Waals surface area contributed by atoms with Crippen molar-refractivity contribution in [3.63, 3.8) is 0 Å². The van der Waals surface area contributed by atoms with E-state index in [1.807, 2.05) is 0 Å². The van der Waals surface area contributed by atoms with Gasteiger partial charge in [-0.2, -0.15) is 5.10 Å². The Hall–Kier alpha value is -1.27. The molecule has 1 heterocycles. The van der Waals surface area contributed by atoms with Crippen LogP contribution < -0.4 is 5.73 Å². The van der Waals surface area contributed by atoms with Crippen LogP contribution in [0, 0.1) is 11.8 Å². The molecule has 1 aromatic rings. The quantitative estimate of drug-likeness (QED) is 0.436. The molecule has 0 radical (unpaired) electrons. The third-order valence-corrected chi connectivity index (χ3v) is 1.49. The number of hydrogen-bond donors (Lipinski definition) is 3. The summed E-state index contributed by atoms with van der Waals surface area (Å²) in [7, 11) is 0. The fraction of sp³-hybridized carbons (Fsp3) is 0.500. The van der Waals surface area contributed by atoms with Crippen molar-refractivity contribution in [2.24, 2.45) is 10.9 Å². The van der Waals surface area contributed by atoms with Crippen LogP contribution in [0.1, 0.15) is 11.4 Å². The Morgan fingerprint density at radius 2 is 2.50 bits per heavy atom. The zero-order valence-corrected chi connectivity index (χ0v) is 6.61. The molecule has 0 saturated carbocycles. The highest BCUT2D eigenvalue weighted by Gasteiger charge is 2.11. The summed E-state index contributed by atoms with van der Waals surface area (Å²) in [4.78, 5) is 10.3. The molecule has 0 aromatic carbocycles. The summed E-state index contributed by atoms with van der Waals surface area (Å²) < 4.78 is 0. The fourth-order valence-corrected chi connectivity index (χ4v) is 0.948. The highest BCUT2D eigenvalue weighted by Crippen LogP contribution is 2.20. The van der Waals surface area contributed by atoms with Gasteiger partial charge in [0, 0.05) is 6.42 Å². The number of aromatic nitrogens is 2. The molecule has 66 valence electrons. The average Bonchev–Trinajstić information content (AvgIpc) is 2.30. The number of aryl methyl sites for hydroxylation is 1. The third kappa shape index (κ3) is 1.66. The normalized spacial score (nSPS) is 12.9. The van der Waals surface area contributed by atoms with E-state index in [0.717, 1.165) is 0 Å². The zero-order chi connectivity index (χ0) is 9.14. The number of hydrogen-bond acceptors (Lipinski definition) is 5. The largest absolute Gasteiger partial charge is 0.378 e. The topological polar surface area (TPSA) is 104 Å². The van der Waals surface area contributed by atoms with Gasteiger partial charge < -0.3 is 10.8 Å². The lowest BCUT2D eigenvalue weighted by molar-refractivity contribution is 0.182. The van der Waals surface area contributed by atoms with Gasteiger partial charge in [0.2, 0.25) is 0 Å². The Morgan fingerprint density at radius 3 is 3.00 bits per heavy atom. The molecule has 0 spiro atoms. The molecule has 0 aliphatic carbocycles. The zero-order valence-electron chi connectivity index (χ0n) is 6.61. The van der Waals surface area contributed by atoms with E-state index < -0.39 is 6.23 Å².